The van der Waals surface area contributed by atoms with Crippen molar-refractivity contribution in [3.63, 3.8) is 0 Å². The van der Waals surface area contributed by atoms with Crippen LogP contribution in [0.15, 0.2) is 0 Å². The minimum atomic E-state index is -0.761. The molecule has 5 nitrogen and oxygen atoms in total. The third-order valence-electron chi connectivity index (χ3n) is 4.41. The van der Waals surface area contributed by atoms with E-state index in [4.69, 9.17) is 5.11 Å². The number of amides is 1. The Labute approximate surface area is 114 Å². The van der Waals surface area contributed by atoms with Gasteiger partial charge in [-0.1, -0.05) is 19.3 Å². The molecule has 108 valence electrons. The molecular formula is C14H24N2O3. The van der Waals surface area contributed by atoms with Gasteiger partial charge in [0.05, 0.1) is 12.0 Å². The first kappa shape index (κ1) is 14.3. The van der Waals surface area contributed by atoms with E-state index < -0.39 is 11.4 Å². The minimum Gasteiger partial charge on any atom is -0.481 e. The summed E-state index contributed by atoms with van der Waals surface area (Å²) < 4.78 is 0. The lowest BCUT2D eigenvalue weighted by Crippen LogP contribution is -2.43. The number of nitrogens with one attached hydrogen (secondary N) is 1. The van der Waals surface area contributed by atoms with Crippen LogP contribution < -0.4 is 5.32 Å². The van der Waals surface area contributed by atoms with Gasteiger partial charge in [-0.2, -0.15) is 0 Å². The summed E-state index contributed by atoms with van der Waals surface area (Å²) in [7, 11) is 0. The maximum atomic E-state index is 11.9. The Hall–Kier alpha value is -1.10. The highest BCUT2D eigenvalue weighted by atomic mass is 16.4. The zero-order valence-corrected chi connectivity index (χ0v) is 11.7. The van der Waals surface area contributed by atoms with Crippen molar-refractivity contribution in [3.05, 3.63) is 0 Å². The molecular weight excluding hydrogens is 244 g/mol. The van der Waals surface area contributed by atoms with Crippen LogP contribution >= 0.6 is 0 Å². The van der Waals surface area contributed by atoms with Gasteiger partial charge in [-0.05, 0) is 32.7 Å². The summed E-state index contributed by atoms with van der Waals surface area (Å²) in [4.78, 5) is 25.0. The molecule has 1 saturated carbocycles. The van der Waals surface area contributed by atoms with Crippen molar-refractivity contribution in [2.75, 3.05) is 19.6 Å². The fourth-order valence-electron chi connectivity index (χ4n) is 3.09. The number of hydrogen-bond donors (Lipinski definition) is 2. The predicted molar refractivity (Wildman–Crippen MR) is 71.8 cm³/mol. The van der Waals surface area contributed by atoms with Crippen molar-refractivity contribution in [2.45, 2.75) is 51.5 Å². The number of carbonyl (C=O) groups is 2. The van der Waals surface area contributed by atoms with Crippen LogP contribution in [-0.2, 0) is 9.59 Å². The number of carbonyl (C=O) groups excluding carboxylic acids is 1. The Bertz CT molecular complexity index is 353. The van der Waals surface area contributed by atoms with E-state index in [9.17, 15) is 9.59 Å². The Balaban J connectivity index is 1.75. The SMILES string of the molecule is CC1(C(=O)O)CCN(CC(=O)NC2CCCCC2)C1. The Kier molecular flexibility index (Phi) is 4.45. The van der Waals surface area contributed by atoms with Gasteiger partial charge in [0.1, 0.15) is 0 Å². The van der Waals surface area contributed by atoms with E-state index in [1.54, 1.807) is 6.92 Å². The number of hydrogen-bond acceptors (Lipinski definition) is 3. The van der Waals surface area contributed by atoms with Crippen molar-refractivity contribution < 1.29 is 14.7 Å². The van der Waals surface area contributed by atoms with E-state index in [0.29, 0.717) is 32.1 Å². The molecule has 2 aliphatic rings. The molecule has 2 rings (SSSR count). The zero-order chi connectivity index (χ0) is 13.9. The molecule has 1 aliphatic heterocycles. The number of carboxylic acids is 1. The number of rotatable bonds is 4. The zero-order valence-electron chi connectivity index (χ0n) is 11.7. The smallest absolute Gasteiger partial charge is 0.310 e. The standard InChI is InChI=1S/C14H24N2O3/c1-14(13(18)19)7-8-16(10-14)9-12(17)15-11-5-3-2-4-6-11/h11H,2-10H2,1H3,(H,15,17)(H,18,19). The van der Waals surface area contributed by atoms with Crippen molar-refractivity contribution in [1.29, 1.82) is 0 Å². The van der Waals surface area contributed by atoms with Gasteiger partial charge >= 0.3 is 5.97 Å². The van der Waals surface area contributed by atoms with Crippen LogP contribution in [-0.4, -0.2) is 47.6 Å². The summed E-state index contributed by atoms with van der Waals surface area (Å²) >= 11 is 0. The van der Waals surface area contributed by atoms with Gasteiger partial charge in [-0.25, -0.2) is 0 Å². The average Bonchev–Trinajstić information content (AvgIpc) is 2.73. The van der Waals surface area contributed by atoms with E-state index >= 15 is 0 Å². The summed E-state index contributed by atoms with van der Waals surface area (Å²) in [6.45, 7) is 3.26. The molecule has 0 aromatic rings. The Morgan fingerprint density at radius 2 is 2.00 bits per heavy atom. The summed E-state index contributed by atoms with van der Waals surface area (Å²) in [5.74, 6) is -0.718. The monoisotopic (exact) mass is 268 g/mol. The lowest BCUT2D eigenvalue weighted by molar-refractivity contribution is -0.147. The number of nitrogens with zero attached hydrogens (tertiary/aromatic N) is 1. The van der Waals surface area contributed by atoms with Crippen molar-refractivity contribution >= 4 is 11.9 Å². The van der Waals surface area contributed by atoms with Crippen LogP contribution in [0, 0.1) is 5.41 Å². The normalized spacial score (nSPS) is 29.3. The second-order valence-corrected chi connectivity index (χ2v) is 6.23. The molecule has 2 N–H and O–H groups in total. The summed E-state index contributed by atoms with van der Waals surface area (Å²) in [5.41, 5.74) is -0.689. The van der Waals surface area contributed by atoms with E-state index in [0.717, 1.165) is 12.8 Å². The van der Waals surface area contributed by atoms with Gasteiger partial charge in [-0.15, -0.1) is 0 Å². The second kappa shape index (κ2) is 5.90. The largest absolute Gasteiger partial charge is 0.481 e. The highest BCUT2D eigenvalue weighted by molar-refractivity contribution is 5.79. The molecule has 19 heavy (non-hydrogen) atoms. The van der Waals surface area contributed by atoms with Gasteiger partial charge < -0.3 is 10.4 Å². The number of likely N-dealkylation sites (tertiary alicyclic amines) is 1. The van der Waals surface area contributed by atoms with Gasteiger partial charge in [0.25, 0.3) is 0 Å². The third kappa shape index (κ3) is 3.69. The predicted octanol–water partition coefficient (Wildman–Crippen LogP) is 1.23. The molecule has 0 radical (unpaired) electrons. The quantitative estimate of drug-likeness (QED) is 0.804. The molecule has 0 aromatic heterocycles. The average molecular weight is 268 g/mol. The first-order valence-electron chi connectivity index (χ1n) is 7.25. The molecule has 1 amide bonds. The Morgan fingerprint density at radius 1 is 1.32 bits per heavy atom. The van der Waals surface area contributed by atoms with Crippen molar-refractivity contribution in [1.82, 2.24) is 10.2 Å². The molecule has 1 heterocycles. The van der Waals surface area contributed by atoms with E-state index in [-0.39, 0.29) is 5.91 Å². The van der Waals surface area contributed by atoms with Gasteiger partial charge in [0.15, 0.2) is 0 Å². The van der Waals surface area contributed by atoms with Crippen LogP contribution in [0.1, 0.15) is 45.4 Å². The summed E-state index contributed by atoms with van der Waals surface area (Å²) in [6.07, 6.45) is 6.46. The summed E-state index contributed by atoms with van der Waals surface area (Å²) in [6, 6.07) is 0.328. The molecule has 1 saturated heterocycles. The topological polar surface area (TPSA) is 69.6 Å². The molecule has 0 bridgehead atoms. The highest BCUT2D eigenvalue weighted by Crippen LogP contribution is 2.29. The molecule has 0 spiro atoms. The van der Waals surface area contributed by atoms with Crippen LogP contribution in [0.5, 0.6) is 0 Å². The van der Waals surface area contributed by atoms with E-state index in [1.807, 2.05) is 4.90 Å². The van der Waals surface area contributed by atoms with Crippen LogP contribution in [0.4, 0.5) is 0 Å². The molecule has 1 atom stereocenters. The first-order valence-corrected chi connectivity index (χ1v) is 7.25. The van der Waals surface area contributed by atoms with Crippen LogP contribution in [0.2, 0.25) is 0 Å². The van der Waals surface area contributed by atoms with Crippen molar-refractivity contribution in [3.8, 4) is 0 Å². The lowest BCUT2D eigenvalue weighted by Gasteiger charge is -2.24. The maximum Gasteiger partial charge on any atom is 0.310 e. The van der Waals surface area contributed by atoms with Gasteiger partial charge in [0, 0.05) is 12.6 Å². The molecule has 0 aromatic carbocycles. The van der Waals surface area contributed by atoms with Crippen molar-refractivity contribution in [2.24, 2.45) is 5.41 Å². The van der Waals surface area contributed by atoms with E-state index in [1.165, 1.54) is 19.3 Å². The van der Waals surface area contributed by atoms with E-state index in [2.05, 4.69) is 5.32 Å². The lowest BCUT2D eigenvalue weighted by atomic mass is 9.90. The Morgan fingerprint density at radius 3 is 2.58 bits per heavy atom. The fourth-order valence-corrected chi connectivity index (χ4v) is 3.09. The highest BCUT2D eigenvalue weighted by Gasteiger charge is 2.40. The molecule has 5 heteroatoms. The minimum absolute atomic E-state index is 0.0431. The van der Waals surface area contributed by atoms with Gasteiger partial charge in [-0.3, -0.25) is 14.5 Å². The van der Waals surface area contributed by atoms with Crippen LogP contribution in [0.3, 0.4) is 0 Å². The molecule has 1 aliphatic carbocycles. The molecule has 1 unspecified atom stereocenters. The fraction of sp³-hybridized carbons (Fsp3) is 0.857. The second-order valence-electron chi connectivity index (χ2n) is 6.23. The number of carboxylic acid groups (broad SMARTS) is 1. The third-order valence-corrected chi connectivity index (χ3v) is 4.41. The van der Waals surface area contributed by atoms with Gasteiger partial charge in [0.2, 0.25) is 5.91 Å². The van der Waals surface area contributed by atoms with Crippen LogP contribution in [0.25, 0.3) is 0 Å². The maximum absolute atomic E-state index is 11.9. The number of aliphatic carboxylic acids is 1. The molecule has 2 fully saturated rings. The summed E-state index contributed by atoms with van der Waals surface area (Å²) in [5, 5.41) is 12.2. The first-order chi connectivity index (χ1) is 8.99.